The zero-order chi connectivity index (χ0) is 23.6. The molecule has 0 amide bonds. The molecule has 2 fully saturated rings. The lowest BCUT2D eigenvalue weighted by Crippen LogP contribution is -2.46. The number of anilines is 1. The summed E-state index contributed by atoms with van der Waals surface area (Å²) in [5, 5.41) is 0. The normalized spacial score (nSPS) is 16.5. The van der Waals surface area contributed by atoms with Crippen LogP contribution in [-0.4, -0.2) is 51.8 Å². The summed E-state index contributed by atoms with van der Waals surface area (Å²) in [7, 11) is 0. The van der Waals surface area contributed by atoms with Gasteiger partial charge in [0.15, 0.2) is 0 Å². The van der Waals surface area contributed by atoms with Gasteiger partial charge in [0, 0.05) is 57.5 Å². The zero-order valence-electron chi connectivity index (χ0n) is 19.8. The number of hydrogen-bond donors (Lipinski definition) is 0. The van der Waals surface area contributed by atoms with Crippen LogP contribution < -0.4 is 4.90 Å². The van der Waals surface area contributed by atoms with Crippen LogP contribution in [0.4, 0.5) is 5.82 Å². The number of Topliss-reactive ketones (excluding diaryl/α,β-unsaturated/α-hetero) is 1. The molecule has 176 valence electrons. The fourth-order valence-corrected chi connectivity index (χ4v) is 4.78. The van der Waals surface area contributed by atoms with Gasteiger partial charge in [-0.15, -0.1) is 0 Å². The third-order valence-corrected chi connectivity index (χ3v) is 7.05. The number of pyridine rings is 1. The van der Waals surface area contributed by atoms with E-state index in [1.165, 1.54) is 5.56 Å². The van der Waals surface area contributed by atoms with Crippen molar-refractivity contribution in [1.82, 2.24) is 19.9 Å². The van der Waals surface area contributed by atoms with Crippen molar-refractivity contribution in [3.05, 3.63) is 84.3 Å². The largest absolute Gasteiger partial charge is 0.353 e. The highest BCUT2D eigenvalue weighted by Gasteiger charge is 2.29. The Morgan fingerprint density at radius 1 is 0.857 bits per heavy atom. The van der Waals surface area contributed by atoms with Crippen LogP contribution in [0.25, 0.3) is 22.2 Å². The van der Waals surface area contributed by atoms with Gasteiger partial charge in [0.05, 0.1) is 17.2 Å². The first-order valence-corrected chi connectivity index (χ1v) is 12.5. The number of carbonyl (C=O) groups excluding carboxylic acids is 1. The molecule has 0 N–H and O–H groups in total. The molecular formula is C29H29N5O. The summed E-state index contributed by atoms with van der Waals surface area (Å²) in [6.07, 6.45) is 8.34. The Morgan fingerprint density at radius 2 is 1.66 bits per heavy atom. The Hall–Kier alpha value is -3.64. The smallest absolute Gasteiger partial charge is 0.147 e. The monoisotopic (exact) mass is 463 g/mol. The van der Waals surface area contributed by atoms with E-state index in [2.05, 4.69) is 62.2 Å². The van der Waals surface area contributed by atoms with E-state index in [9.17, 15) is 4.79 Å². The standard InChI is InChI=1S/C29H29N5O/c35-28(24-7-8-24)16-21-3-5-23(6-4-21)25-9-10-26-27(17-25)32-29(19-31-26)34-14-12-33(13-15-34)20-22-2-1-11-30-18-22/h1-6,9-11,17-19,24H,7-8,12-16,20H2. The SMILES string of the molecule is O=C(Cc1ccc(-c2ccc3ncc(N4CCN(Cc5cccnc5)CC4)nc3c2)cc1)C1CC1. The molecule has 2 aromatic heterocycles. The van der Waals surface area contributed by atoms with Crippen molar-refractivity contribution in [2.24, 2.45) is 5.92 Å². The Bertz CT molecular complexity index is 1330. The maximum absolute atomic E-state index is 12.1. The molecule has 4 aromatic rings. The van der Waals surface area contributed by atoms with Crippen molar-refractivity contribution in [2.45, 2.75) is 25.8 Å². The minimum Gasteiger partial charge on any atom is -0.353 e. The highest BCUT2D eigenvalue weighted by atomic mass is 16.1. The van der Waals surface area contributed by atoms with Crippen molar-refractivity contribution >= 4 is 22.6 Å². The number of benzene rings is 2. The summed E-state index contributed by atoms with van der Waals surface area (Å²) in [5.41, 5.74) is 6.40. The molecule has 1 saturated heterocycles. The predicted molar refractivity (Wildman–Crippen MR) is 138 cm³/mol. The molecule has 0 unspecified atom stereocenters. The molecule has 1 aliphatic carbocycles. The average Bonchev–Trinajstić information content (AvgIpc) is 3.76. The number of carbonyl (C=O) groups is 1. The number of nitrogens with zero attached hydrogens (tertiary/aromatic N) is 5. The molecule has 0 radical (unpaired) electrons. The first kappa shape index (κ1) is 21.9. The van der Waals surface area contributed by atoms with Crippen molar-refractivity contribution < 1.29 is 4.79 Å². The van der Waals surface area contributed by atoms with Gasteiger partial charge in [0.1, 0.15) is 11.6 Å². The second-order valence-electron chi connectivity index (χ2n) is 9.67. The minimum atomic E-state index is 0.312. The molecule has 1 aliphatic heterocycles. The fraction of sp³-hybridized carbons (Fsp3) is 0.310. The van der Waals surface area contributed by atoms with E-state index < -0.39 is 0 Å². The number of aromatic nitrogens is 3. The van der Waals surface area contributed by atoms with Crippen LogP contribution in [-0.2, 0) is 17.8 Å². The van der Waals surface area contributed by atoms with E-state index in [1.54, 1.807) is 0 Å². The summed E-state index contributed by atoms with van der Waals surface area (Å²) in [6, 6.07) is 18.7. The Morgan fingerprint density at radius 3 is 2.40 bits per heavy atom. The number of fused-ring (bicyclic) bond motifs is 1. The lowest BCUT2D eigenvalue weighted by molar-refractivity contribution is -0.119. The van der Waals surface area contributed by atoms with Crippen molar-refractivity contribution in [3.8, 4) is 11.1 Å². The fourth-order valence-electron chi connectivity index (χ4n) is 4.78. The number of hydrogen-bond acceptors (Lipinski definition) is 6. The lowest BCUT2D eigenvalue weighted by Gasteiger charge is -2.35. The second kappa shape index (κ2) is 9.55. The summed E-state index contributed by atoms with van der Waals surface area (Å²) >= 11 is 0. The highest BCUT2D eigenvalue weighted by molar-refractivity contribution is 5.86. The van der Waals surface area contributed by atoms with Crippen molar-refractivity contribution in [2.75, 3.05) is 31.1 Å². The molecule has 6 heteroatoms. The van der Waals surface area contributed by atoms with Crippen LogP contribution in [0.2, 0.25) is 0 Å². The summed E-state index contributed by atoms with van der Waals surface area (Å²) in [6.45, 7) is 4.78. The third kappa shape index (κ3) is 5.08. The van der Waals surface area contributed by atoms with Crippen LogP contribution >= 0.6 is 0 Å². The molecular weight excluding hydrogens is 434 g/mol. The van der Waals surface area contributed by atoms with Gasteiger partial charge in [0.2, 0.25) is 0 Å². The van der Waals surface area contributed by atoms with Crippen LogP contribution in [0.15, 0.2) is 73.2 Å². The van der Waals surface area contributed by atoms with Gasteiger partial charge < -0.3 is 4.90 Å². The third-order valence-electron chi connectivity index (χ3n) is 7.05. The van der Waals surface area contributed by atoms with Gasteiger partial charge in [0.25, 0.3) is 0 Å². The summed E-state index contributed by atoms with van der Waals surface area (Å²) < 4.78 is 0. The van der Waals surface area contributed by atoms with Crippen LogP contribution in [0.3, 0.4) is 0 Å². The van der Waals surface area contributed by atoms with E-state index in [-0.39, 0.29) is 0 Å². The molecule has 6 nitrogen and oxygen atoms in total. The first-order chi connectivity index (χ1) is 17.2. The maximum Gasteiger partial charge on any atom is 0.147 e. The Kier molecular flexibility index (Phi) is 5.96. The lowest BCUT2D eigenvalue weighted by atomic mass is 10.0. The molecule has 1 saturated carbocycles. The molecule has 6 rings (SSSR count). The van der Waals surface area contributed by atoms with Gasteiger partial charge in [-0.1, -0.05) is 36.4 Å². The van der Waals surface area contributed by atoms with E-state index in [0.29, 0.717) is 18.1 Å². The molecule has 2 aromatic carbocycles. The quantitative estimate of drug-likeness (QED) is 0.401. The molecule has 0 spiro atoms. The van der Waals surface area contributed by atoms with Crippen molar-refractivity contribution in [1.29, 1.82) is 0 Å². The van der Waals surface area contributed by atoms with Crippen molar-refractivity contribution in [3.63, 3.8) is 0 Å². The zero-order valence-corrected chi connectivity index (χ0v) is 19.8. The topological polar surface area (TPSA) is 62.2 Å². The van der Waals surface area contributed by atoms with E-state index in [0.717, 1.165) is 79.1 Å². The Labute approximate surface area is 205 Å². The van der Waals surface area contributed by atoms with Gasteiger partial charge in [-0.25, -0.2) is 4.98 Å². The molecule has 35 heavy (non-hydrogen) atoms. The summed E-state index contributed by atoms with van der Waals surface area (Å²) in [4.78, 5) is 30.8. The Balaban J connectivity index is 1.14. The summed E-state index contributed by atoms with van der Waals surface area (Å²) in [5.74, 6) is 1.63. The molecule has 3 heterocycles. The second-order valence-corrected chi connectivity index (χ2v) is 9.67. The van der Waals surface area contributed by atoms with Crippen LogP contribution in [0, 0.1) is 5.92 Å². The molecule has 2 aliphatic rings. The molecule has 0 atom stereocenters. The first-order valence-electron chi connectivity index (χ1n) is 12.5. The average molecular weight is 464 g/mol. The van der Waals surface area contributed by atoms with E-state index >= 15 is 0 Å². The van der Waals surface area contributed by atoms with Gasteiger partial charge in [-0.05, 0) is 53.3 Å². The number of rotatable bonds is 7. The minimum absolute atomic E-state index is 0.312. The van der Waals surface area contributed by atoms with E-state index in [4.69, 9.17) is 4.98 Å². The van der Waals surface area contributed by atoms with Gasteiger partial charge in [-0.2, -0.15) is 0 Å². The van der Waals surface area contributed by atoms with E-state index in [1.807, 2.05) is 30.7 Å². The van der Waals surface area contributed by atoms with Gasteiger partial charge in [-0.3, -0.25) is 19.7 Å². The van der Waals surface area contributed by atoms with Crippen LogP contribution in [0.5, 0.6) is 0 Å². The maximum atomic E-state index is 12.1. The number of ketones is 1. The molecule has 0 bridgehead atoms. The van der Waals surface area contributed by atoms with Gasteiger partial charge >= 0.3 is 0 Å². The highest BCUT2D eigenvalue weighted by Crippen LogP contribution is 2.31. The predicted octanol–water partition coefficient (Wildman–Crippen LogP) is 4.54. The van der Waals surface area contributed by atoms with Crippen LogP contribution in [0.1, 0.15) is 24.0 Å². The number of piperazine rings is 1.